The van der Waals surface area contributed by atoms with Gasteiger partial charge in [0.05, 0.1) is 13.3 Å². The van der Waals surface area contributed by atoms with Gasteiger partial charge in [0.2, 0.25) is 0 Å². The van der Waals surface area contributed by atoms with E-state index < -0.39 is 0 Å². The molecule has 0 saturated carbocycles. The van der Waals surface area contributed by atoms with E-state index in [2.05, 4.69) is 34.8 Å². The van der Waals surface area contributed by atoms with Gasteiger partial charge in [-0.15, -0.1) is 0 Å². The molecule has 1 aromatic heterocycles. The van der Waals surface area contributed by atoms with Gasteiger partial charge in [0.15, 0.2) is 0 Å². The molecule has 0 fully saturated rings. The summed E-state index contributed by atoms with van der Waals surface area (Å²) in [4.78, 5) is 0. The summed E-state index contributed by atoms with van der Waals surface area (Å²) >= 11 is 0. The minimum absolute atomic E-state index is 0.608. The fourth-order valence-corrected chi connectivity index (χ4v) is 3.18. The second-order valence-electron chi connectivity index (χ2n) is 5.81. The summed E-state index contributed by atoms with van der Waals surface area (Å²) in [5.41, 5.74) is 4.18. The first-order chi connectivity index (χ1) is 10.3. The number of aromatic nitrogens is 2. The molecule has 0 aliphatic heterocycles. The first kappa shape index (κ1) is 14.1. The minimum Gasteiger partial charge on any atom is -0.497 e. The van der Waals surface area contributed by atoms with Crippen LogP contribution in [0.4, 0.5) is 0 Å². The van der Waals surface area contributed by atoms with Crippen LogP contribution in [-0.2, 0) is 20.0 Å². The molecule has 0 radical (unpaired) electrons. The van der Waals surface area contributed by atoms with Gasteiger partial charge in [-0.3, -0.25) is 4.68 Å². The van der Waals surface area contributed by atoms with Gasteiger partial charge in [-0.25, -0.2) is 0 Å². The molecule has 1 aliphatic rings. The van der Waals surface area contributed by atoms with Gasteiger partial charge < -0.3 is 10.1 Å². The van der Waals surface area contributed by atoms with Crippen molar-refractivity contribution in [2.45, 2.75) is 31.7 Å². The van der Waals surface area contributed by atoms with Gasteiger partial charge in [0.25, 0.3) is 0 Å². The Balaban J connectivity index is 1.62. The molecule has 1 aliphatic carbocycles. The summed E-state index contributed by atoms with van der Waals surface area (Å²) in [5, 5.41) is 7.77. The Labute approximate surface area is 126 Å². The largest absolute Gasteiger partial charge is 0.497 e. The van der Waals surface area contributed by atoms with Crippen LogP contribution in [0.25, 0.3) is 0 Å². The van der Waals surface area contributed by atoms with Crippen molar-refractivity contribution in [2.75, 3.05) is 13.7 Å². The number of methoxy groups -OCH3 is 1. The second kappa shape index (κ2) is 6.31. The molecule has 112 valence electrons. The topological polar surface area (TPSA) is 39.1 Å². The monoisotopic (exact) mass is 285 g/mol. The minimum atomic E-state index is 0.608. The van der Waals surface area contributed by atoms with Gasteiger partial charge in [-0.2, -0.15) is 5.10 Å². The molecule has 4 heteroatoms. The molecule has 1 atom stereocenters. The van der Waals surface area contributed by atoms with Crippen LogP contribution in [0.15, 0.2) is 30.6 Å². The predicted molar refractivity (Wildman–Crippen MR) is 83.6 cm³/mol. The van der Waals surface area contributed by atoms with E-state index in [1.807, 2.05) is 17.9 Å². The van der Waals surface area contributed by atoms with Crippen molar-refractivity contribution in [3.05, 3.63) is 47.3 Å². The van der Waals surface area contributed by atoms with E-state index in [9.17, 15) is 0 Å². The lowest BCUT2D eigenvalue weighted by Gasteiger charge is -2.26. The number of ether oxygens (including phenoxy) is 1. The Morgan fingerprint density at radius 1 is 1.43 bits per heavy atom. The lowest BCUT2D eigenvalue weighted by atomic mass is 9.82. The maximum Gasteiger partial charge on any atom is 0.119 e. The summed E-state index contributed by atoms with van der Waals surface area (Å²) in [7, 11) is 3.69. The lowest BCUT2D eigenvalue weighted by Crippen LogP contribution is -2.24. The zero-order valence-electron chi connectivity index (χ0n) is 12.8. The third kappa shape index (κ3) is 3.27. The predicted octanol–water partition coefficient (Wildman–Crippen LogP) is 2.64. The molecule has 1 aromatic carbocycles. The van der Waals surface area contributed by atoms with Crippen LogP contribution >= 0.6 is 0 Å². The smallest absolute Gasteiger partial charge is 0.119 e. The zero-order chi connectivity index (χ0) is 14.7. The van der Waals surface area contributed by atoms with Crippen molar-refractivity contribution in [1.82, 2.24) is 15.1 Å². The highest BCUT2D eigenvalue weighted by Crippen LogP contribution is 2.33. The molecule has 0 bridgehead atoms. The summed E-state index contributed by atoms with van der Waals surface area (Å²) in [6.07, 6.45) is 7.68. The highest BCUT2D eigenvalue weighted by molar-refractivity contribution is 5.39. The van der Waals surface area contributed by atoms with Crippen molar-refractivity contribution >= 4 is 0 Å². The van der Waals surface area contributed by atoms with Crippen molar-refractivity contribution in [3.63, 3.8) is 0 Å². The van der Waals surface area contributed by atoms with E-state index in [4.69, 9.17) is 4.74 Å². The van der Waals surface area contributed by atoms with E-state index in [1.54, 1.807) is 7.11 Å². The van der Waals surface area contributed by atoms with Crippen LogP contribution in [0.2, 0.25) is 0 Å². The normalized spacial score (nSPS) is 17.5. The van der Waals surface area contributed by atoms with Crippen LogP contribution < -0.4 is 10.1 Å². The third-order valence-electron chi connectivity index (χ3n) is 4.27. The first-order valence-corrected chi connectivity index (χ1v) is 7.61. The van der Waals surface area contributed by atoms with Crippen molar-refractivity contribution in [2.24, 2.45) is 7.05 Å². The quantitative estimate of drug-likeness (QED) is 0.918. The Kier molecular flexibility index (Phi) is 4.25. The summed E-state index contributed by atoms with van der Waals surface area (Å²) in [6, 6.07) is 6.52. The van der Waals surface area contributed by atoms with Crippen molar-refractivity contribution < 1.29 is 4.74 Å². The molecular weight excluding hydrogens is 262 g/mol. The molecular formula is C17H23N3O. The van der Waals surface area contributed by atoms with Crippen LogP contribution in [0, 0.1) is 0 Å². The molecule has 4 nitrogen and oxygen atoms in total. The van der Waals surface area contributed by atoms with Crippen molar-refractivity contribution in [3.8, 4) is 5.75 Å². The number of hydrogen-bond donors (Lipinski definition) is 1. The zero-order valence-corrected chi connectivity index (χ0v) is 12.8. The van der Waals surface area contributed by atoms with Gasteiger partial charge in [0.1, 0.15) is 5.75 Å². The SMILES string of the molecule is COc1ccc2c(c1)CCC[C@@H]2CNCc1cnn(C)c1. The van der Waals surface area contributed by atoms with Crippen LogP contribution in [0.5, 0.6) is 5.75 Å². The highest BCUT2D eigenvalue weighted by Gasteiger charge is 2.20. The van der Waals surface area contributed by atoms with Crippen LogP contribution in [0.1, 0.15) is 35.4 Å². The highest BCUT2D eigenvalue weighted by atomic mass is 16.5. The number of benzene rings is 1. The number of rotatable bonds is 5. The van der Waals surface area contributed by atoms with E-state index >= 15 is 0 Å². The summed E-state index contributed by atoms with van der Waals surface area (Å²) < 4.78 is 7.18. The van der Waals surface area contributed by atoms with Crippen LogP contribution in [0.3, 0.4) is 0 Å². The molecule has 1 heterocycles. The number of nitrogens with one attached hydrogen (secondary N) is 1. The first-order valence-electron chi connectivity index (χ1n) is 7.61. The standard InChI is InChI=1S/C17H23N3O/c1-20-12-13(10-19-20)9-18-11-15-5-3-4-14-8-16(21-2)6-7-17(14)15/h6-8,10,12,15,18H,3-5,9,11H2,1-2H3/t15-/m1/s1. The van der Waals surface area contributed by atoms with Gasteiger partial charge in [0, 0.05) is 31.9 Å². The second-order valence-corrected chi connectivity index (χ2v) is 5.81. The molecule has 3 rings (SSSR count). The fourth-order valence-electron chi connectivity index (χ4n) is 3.18. The molecule has 0 spiro atoms. The Morgan fingerprint density at radius 2 is 2.33 bits per heavy atom. The van der Waals surface area contributed by atoms with Gasteiger partial charge in [-0.05, 0) is 48.4 Å². The molecule has 0 saturated heterocycles. The van der Waals surface area contributed by atoms with E-state index in [1.165, 1.54) is 36.0 Å². The lowest BCUT2D eigenvalue weighted by molar-refractivity contribution is 0.412. The van der Waals surface area contributed by atoms with E-state index in [-0.39, 0.29) is 0 Å². The van der Waals surface area contributed by atoms with E-state index in [0.717, 1.165) is 18.8 Å². The Morgan fingerprint density at radius 3 is 3.10 bits per heavy atom. The molecule has 21 heavy (non-hydrogen) atoms. The van der Waals surface area contributed by atoms with Gasteiger partial charge >= 0.3 is 0 Å². The number of fused-ring (bicyclic) bond motifs is 1. The molecule has 0 unspecified atom stereocenters. The Hall–Kier alpha value is -1.81. The average Bonchev–Trinajstić information content (AvgIpc) is 2.92. The third-order valence-corrected chi connectivity index (χ3v) is 4.27. The molecule has 2 aromatic rings. The number of hydrogen-bond acceptors (Lipinski definition) is 3. The summed E-state index contributed by atoms with van der Waals surface area (Å²) in [6.45, 7) is 1.91. The van der Waals surface area contributed by atoms with Crippen LogP contribution in [-0.4, -0.2) is 23.4 Å². The number of nitrogens with zero attached hydrogens (tertiary/aromatic N) is 2. The van der Waals surface area contributed by atoms with Crippen molar-refractivity contribution in [1.29, 1.82) is 0 Å². The maximum absolute atomic E-state index is 5.33. The van der Waals surface area contributed by atoms with Gasteiger partial charge in [-0.1, -0.05) is 6.07 Å². The number of aryl methyl sites for hydroxylation is 2. The average molecular weight is 285 g/mol. The van der Waals surface area contributed by atoms with E-state index in [0.29, 0.717) is 5.92 Å². The molecule has 0 amide bonds. The maximum atomic E-state index is 5.33. The fraction of sp³-hybridized carbons (Fsp3) is 0.471. The molecule has 1 N–H and O–H groups in total. The summed E-state index contributed by atoms with van der Waals surface area (Å²) in [5.74, 6) is 1.58. The Bertz CT molecular complexity index is 606.